The summed E-state index contributed by atoms with van der Waals surface area (Å²) >= 11 is 5.66. The molecule has 0 spiro atoms. The first kappa shape index (κ1) is 8.80. The molecule has 0 aliphatic rings. The summed E-state index contributed by atoms with van der Waals surface area (Å²) in [5, 5.41) is 10.0. The predicted octanol–water partition coefficient (Wildman–Crippen LogP) is 2.25. The Bertz CT molecular complexity index is 314. The van der Waals surface area contributed by atoms with Crippen LogP contribution in [-0.4, -0.2) is 5.03 Å². The van der Waals surface area contributed by atoms with Gasteiger partial charge in [-0.15, -0.1) is 5.43 Å². The average Bonchev–Trinajstić information content (AvgIpc) is 1.94. The molecule has 4 nitrogen and oxygen atoms in total. The van der Waals surface area contributed by atoms with Crippen molar-refractivity contribution >= 4 is 17.3 Å². The van der Waals surface area contributed by atoms with E-state index in [9.17, 15) is 10.1 Å². The van der Waals surface area contributed by atoms with Crippen LogP contribution in [0.15, 0.2) is 18.2 Å². The van der Waals surface area contributed by atoms with Gasteiger partial charge in [0.2, 0.25) is 0 Å². The molecule has 0 fully saturated rings. The number of benzene rings is 1. The highest BCUT2D eigenvalue weighted by Gasteiger charge is 2.02. The van der Waals surface area contributed by atoms with Crippen LogP contribution in [0.3, 0.4) is 0 Å². The summed E-state index contributed by atoms with van der Waals surface area (Å²) in [6, 6.07) is 4.83. The molecular formula is C7H7ClN2O2. The fourth-order valence-corrected chi connectivity index (χ4v) is 1.08. The first-order valence-electron chi connectivity index (χ1n) is 3.27. The van der Waals surface area contributed by atoms with Crippen molar-refractivity contribution in [3.8, 4) is 0 Å². The van der Waals surface area contributed by atoms with E-state index in [4.69, 9.17) is 11.6 Å². The highest BCUT2D eigenvalue weighted by atomic mass is 35.5. The molecule has 0 bridgehead atoms. The van der Waals surface area contributed by atoms with E-state index in [2.05, 4.69) is 5.43 Å². The Morgan fingerprint density at radius 3 is 2.75 bits per heavy atom. The highest BCUT2D eigenvalue weighted by Crippen LogP contribution is 2.18. The zero-order valence-corrected chi connectivity index (χ0v) is 7.13. The second-order valence-electron chi connectivity index (χ2n) is 2.33. The first-order chi connectivity index (χ1) is 5.59. The molecule has 1 rings (SSSR count). The summed E-state index contributed by atoms with van der Waals surface area (Å²) in [6.07, 6.45) is 0. The molecule has 0 heterocycles. The van der Waals surface area contributed by atoms with E-state index >= 15 is 0 Å². The smallest absolute Gasteiger partial charge is 0.162 e. The number of hydrazine groups is 1. The zero-order chi connectivity index (χ0) is 9.14. The van der Waals surface area contributed by atoms with Crippen LogP contribution in [0.2, 0.25) is 5.02 Å². The van der Waals surface area contributed by atoms with E-state index < -0.39 is 5.03 Å². The molecule has 64 valence electrons. The van der Waals surface area contributed by atoms with Gasteiger partial charge < -0.3 is 0 Å². The Morgan fingerprint density at radius 2 is 2.25 bits per heavy atom. The molecule has 0 aromatic heterocycles. The average molecular weight is 187 g/mol. The summed E-state index contributed by atoms with van der Waals surface area (Å²) in [6.45, 7) is 1.75. The molecule has 0 saturated carbocycles. The SMILES string of the molecule is Cc1cc(Cl)ccc1N[N+](=O)[O-]. The van der Waals surface area contributed by atoms with Crippen LogP contribution >= 0.6 is 11.6 Å². The van der Waals surface area contributed by atoms with Gasteiger partial charge in [-0.1, -0.05) is 11.6 Å². The summed E-state index contributed by atoms with van der Waals surface area (Å²) in [5.41, 5.74) is 3.28. The van der Waals surface area contributed by atoms with Gasteiger partial charge in [0.15, 0.2) is 5.03 Å². The van der Waals surface area contributed by atoms with Gasteiger partial charge in [-0.25, -0.2) is 10.1 Å². The fraction of sp³-hybridized carbons (Fsp3) is 0.143. The van der Waals surface area contributed by atoms with E-state index in [1.807, 2.05) is 0 Å². The number of nitro groups is 1. The lowest BCUT2D eigenvalue weighted by Crippen LogP contribution is -2.08. The Balaban J connectivity index is 2.93. The van der Waals surface area contributed by atoms with Crippen LogP contribution in [0.1, 0.15) is 5.56 Å². The number of nitrogens with zero attached hydrogens (tertiary/aromatic N) is 1. The topological polar surface area (TPSA) is 55.2 Å². The molecule has 0 radical (unpaired) electrons. The van der Waals surface area contributed by atoms with Crippen molar-refractivity contribution in [2.24, 2.45) is 0 Å². The van der Waals surface area contributed by atoms with Gasteiger partial charge in [0.05, 0.1) is 0 Å². The molecular weight excluding hydrogens is 180 g/mol. The maximum Gasteiger partial charge on any atom is 0.162 e. The van der Waals surface area contributed by atoms with Gasteiger partial charge in [0, 0.05) is 5.02 Å². The summed E-state index contributed by atoms with van der Waals surface area (Å²) in [4.78, 5) is 10.1. The summed E-state index contributed by atoms with van der Waals surface area (Å²) in [5.74, 6) is 0. The van der Waals surface area contributed by atoms with Crippen molar-refractivity contribution < 1.29 is 5.03 Å². The molecule has 1 N–H and O–H groups in total. The third-order valence-corrected chi connectivity index (χ3v) is 1.64. The zero-order valence-electron chi connectivity index (χ0n) is 6.37. The second-order valence-corrected chi connectivity index (χ2v) is 2.76. The molecule has 5 heteroatoms. The van der Waals surface area contributed by atoms with Crippen LogP contribution in [0, 0.1) is 17.0 Å². The van der Waals surface area contributed by atoms with Gasteiger partial charge in [-0.3, -0.25) is 0 Å². The maximum absolute atomic E-state index is 10.1. The normalized spacial score (nSPS) is 9.50. The van der Waals surface area contributed by atoms with Crippen molar-refractivity contribution in [3.05, 3.63) is 38.9 Å². The van der Waals surface area contributed by atoms with E-state index in [0.717, 1.165) is 5.56 Å². The van der Waals surface area contributed by atoms with Crippen molar-refractivity contribution in [2.75, 3.05) is 5.43 Å². The Kier molecular flexibility index (Phi) is 2.50. The van der Waals surface area contributed by atoms with Crippen molar-refractivity contribution in [2.45, 2.75) is 6.92 Å². The molecule has 0 aliphatic heterocycles. The van der Waals surface area contributed by atoms with Crippen LogP contribution in [0.4, 0.5) is 5.69 Å². The monoisotopic (exact) mass is 186 g/mol. The van der Waals surface area contributed by atoms with Crippen molar-refractivity contribution in [1.82, 2.24) is 0 Å². The highest BCUT2D eigenvalue weighted by molar-refractivity contribution is 6.30. The van der Waals surface area contributed by atoms with Gasteiger partial charge in [0.25, 0.3) is 0 Å². The second kappa shape index (κ2) is 3.40. The quantitative estimate of drug-likeness (QED) is 0.569. The van der Waals surface area contributed by atoms with Gasteiger partial charge in [-0.2, -0.15) is 0 Å². The fourth-order valence-electron chi connectivity index (χ4n) is 0.851. The molecule has 12 heavy (non-hydrogen) atoms. The van der Waals surface area contributed by atoms with Crippen LogP contribution < -0.4 is 5.43 Å². The standard InChI is InChI=1S/C7H7ClN2O2/c1-5-4-6(8)2-3-7(5)9-10(11)12/h2-4,9H,1H3. The minimum atomic E-state index is -0.601. The number of hydrogen-bond acceptors (Lipinski definition) is 2. The molecule has 0 amide bonds. The number of anilines is 1. The van der Waals surface area contributed by atoms with Gasteiger partial charge in [-0.05, 0) is 30.7 Å². The number of aryl methyl sites for hydroxylation is 1. The molecule has 0 saturated heterocycles. The summed E-state index contributed by atoms with van der Waals surface area (Å²) in [7, 11) is 0. The molecule has 0 atom stereocenters. The lowest BCUT2D eigenvalue weighted by Gasteiger charge is -2.01. The van der Waals surface area contributed by atoms with E-state index in [0.29, 0.717) is 10.7 Å². The Hall–Kier alpha value is -1.29. The van der Waals surface area contributed by atoms with E-state index in [1.165, 1.54) is 0 Å². The van der Waals surface area contributed by atoms with Crippen LogP contribution in [-0.2, 0) is 0 Å². The summed E-state index contributed by atoms with van der Waals surface area (Å²) < 4.78 is 0. The predicted molar refractivity (Wildman–Crippen MR) is 46.8 cm³/mol. The maximum atomic E-state index is 10.1. The Morgan fingerprint density at radius 1 is 1.58 bits per heavy atom. The van der Waals surface area contributed by atoms with Crippen molar-refractivity contribution in [3.63, 3.8) is 0 Å². The number of halogens is 1. The lowest BCUT2D eigenvalue weighted by atomic mass is 10.2. The lowest BCUT2D eigenvalue weighted by molar-refractivity contribution is -0.445. The largest absolute Gasteiger partial charge is 0.235 e. The minimum Gasteiger partial charge on any atom is -0.235 e. The number of rotatable bonds is 2. The Labute approximate surface area is 74.3 Å². The first-order valence-corrected chi connectivity index (χ1v) is 3.64. The molecule has 1 aromatic carbocycles. The molecule has 0 unspecified atom stereocenters. The van der Waals surface area contributed by atoms with Crippen LogP contribution in [0.5, 0.6) is 0 Å². The third-order valence-electron chi connectivity index (χ3n) is 1.40. The minimum absolute atomic E-state index is 0.462. The van der Waals surface area contributed by atoms with E-state index in [-0.39, 0.29) is 0 Å². The van der Waals surface area contributed by atoms with E-state index in [1.54, 1.807) is 25.1 Å². The van der Waals surface area contributed by atoms with Gasteiger partial charge in [0.1, 0.15) is 5.69 Å². The molecule has 1 aromatic rings. The molecule has 0 aliphatic carbocycles. The van der Waals surface area contributed by atoms with Gasteiger partial charge >= 0.3 is 0 Å². The van der Waals surface area contributed by atoms with Crippen LogP contribution in [0.25, 0.3) is 0 Å². The number of nitrogens with one attached hydrogen (secondary N) is 1. The number of hydrogen-bond donors (Lipinski definition) is 1. The van der Waals surface area contributed by atoms with Crippen molar-refractivity contribution in [1.29, 1.82) is 0 Å². The third kappa shape index (κ3) is 2.10.